The summed E-state index contributed by atoms with van der Waals surface area (Å²) >= 11 is 7.45. The normalized spacial score (nSPS) is 13.0. The Labute approximate surface area is 154 Å². The Morgan fingerprint density at radius 1 is 1.12 bits per heavy atom. The van der Waals surface area contributed by atoms with Crippen LogP contribution in [0.5, 0.6) is 5.75 Å². The second kappa shape index (κ2) is 6.47. The van der Waals surface area contributed by atoms with Crippen molar-refractivity contribution in [2.75, 3.05) is 6.61 Å². The van der Waals surface area contributed by atoms with Gasteiger partial charge in [-0.25, -0.2) is 4.99 Å². The number of aliphatic imine (C=N–C) groups is 1. The molecule has 25 heavy (non-hydrogen) atoms. The van der Waals surface area contributed by atoms with Crippen LogP contribution in [0.2, 0.25) is 5.02 Å². The van der Waals surface area contributed by atoms with E-state index in [0.29, 0.717) is 17.4 Å². The highest BCUT2D eigenvalue weighted by Gasteiger charge is 2.16. The number of hydrogen-bond donors (Lipinski definition) is 0. The van der Waals surface area contributed by atoms with Gasteiger partial charge < -0.3 is 4.74 Å². The Kier molecular flexibility index (Phi) is 4.15. The molecule has 4 rings (SSSR count). The molecule has 0 amide bonds. The lowest BCUT2D eigenvalue weighted by atomic mass is 10.0. The quantitative estimate of drug-likeness (QED) is 0.550. The summed E-state index contributed by atoms with van der Waals surface area (Å²) in [5.74, 6) is 0.798. The predicted molar refractivity (Wildman–Crippen MR) is 103 cm³/mol. The summed E-state index contributed by atoms with van der Waals surface area (Å²) in [7, 11) is 0. The number of halogens is 1. The van der Waals surface area contributed by atoms with E-state index in [1.807, 2.05) is 41.8 Å². The van der Waals surface area contributed by atoms with E-state index in [2.05, 4.69) is 4.99 Å². The van der Waals surface area contributed by atoms with E-state index in [-0.39, 0.29) is 5.78 Å². The largest absolute Gasteiger partial charge is 0.485 e. The number of nitrogens with zero attached hydrogens (tertiary/aromatic N) is 1. The summed E-state index contributed by atoms with van der Waals surface area (Å²) in [6.07, 6.45) is 0. The fraction of sp³-hybridized carbons (Fsp3) is 0.100. The molecule has 2 aromatic carbocycles. The summed E-state index contributed by atoms with van der Waals surface area (Å²) in [5, 5.41) is 2.58. The van der Waals surface area contributed by atoms with E-state index in [1.54, 1.807) is 19.1 Å². The van der Waals surface area contributed by atoms with Gasteiger partial charge in [-0.1, -0.05) is 35.9 Å². The zero-order chi connectivity index (χ0) is 17.4. The van der Waals surface area contributed by atoms with Crippen LogP contribution in [0.3, 0.4) is 0 Å². The van der Waals surface area contributed by atoms with E-state index in [9.17, 15) is 4.79 Å². The van der Waals surface area contributed by atoms with Gasteiger partial charge in [0, 0.05) is 16.7 Å². The third kappa shape index (κ3) is 3.11. The van der Waals surface area contributed by atoms with Gasteiger partial charge in [-0.15, -0.1) is 11.3 Å². The molecular formula is C20H14ClNO2S. The first-order valence-electron chi connectivity index (χ1n) is 7.81. The minimum atomic E-state index is 0.0920. The fourth-order valence-electron chi connectivity index (χ4n) is 2.82. The van der Waals surface area contributed by atoms with Crippen molar-refractivity contribution >= 4 is 40.1 Å². The van der Waals surface area contributed by atoms with Crippen LogP contribution in [-0.2, 0) is 0 Å². The van der Waals surface area contributed by atoms with Crippen LogP contribution in [0, 0.1) is 0 Å². The standard InChI is InChI=1S/C20H14ClNO2S/c1-12(23)20-16(8-9-25-20)13-2-4-14(5-3-13)18-11-24-19-10-15(21)6-7-17(19)22-18/h2-10H,11H2,1H3. The zero-order valence-corrected chi connectivity index (χ0v) is 15.0. The van der Waals surface area contributed by atoms with E-state index >= 15 is 0 Å². The van der Waals surface area contributed by atoms with Gasteiger partial charge in [-0.2, -0.15) is 0 Å². The Morgan fingerprint density at radius 2 is 1.88 bits per heavy atom. The van der Waals surface area contributed by atoms with Crippen molar-refractivity contribution in [1.29, 1.82) is 0 Å². The summed E-state index contributed by atoms with van der Waals surface area (Å²) in [6.45, 7) is 2.01. The van der Waals surface area contributed by atoms with E-state index in [0.717, 1.165) is 33.0 Å². The van der Waals surface area contributed by atoms with Crippen LogP contribution < -0.4 is 4.74 Å². The SMILES string of the molecule is CC(=O)c1sccc1-c1ccc(C2=Nc3ccc(Cl)cc3OC2)cc1. The topological polar surface area (TPSA) is 38.7 Å². The number of carbonyl (C=O) groups is 1. The van der Waals surface area contributed by atoms with Crippen LogP contribution in [0.1, 0.15) is 22.2 Å². The molecule has 0 fully saturated rings. The molecule has 0 saturated heterocycles. The van der Waals surface area contributed by atoms with E-state index < -0.39 is 0 Å². The van der Waals surface area contributed by atoms with Crippen molar-refractivity contribution in [3.8, 4) is 16.9 Å². The molecule has 3 nitrogen and oxygen atoms in total. The van der Waals surface area contributed by atoms with Crippen molar-refractivity contribution in [3.05, 3.63) is 69.4 Å². The smallest absolute Gasteiger partial charge is 0.170 e. The molecule has 0 saturated carbocycles. The molecule has 0 atom stereocenters. The molecule has 0 unspecified atom stereocenters. The molecular weight excluding hydrogens is 354 g/mol. The number of rotatable bonds is 3. The lowest BCUT2D eigenvalue weighted by molar-refractivity contribution is 0.102. The average Bonchev–Trinajstić information content (AvgIpc) is 3.11. The molecule has 5 heteroatoms. The molecule has 1 aliphatic rings. The van der Waals surface area contributed by atoms with Crippen LogP contribution in [0.15, 0.2) is 58.9 Å². The highest BCUT2D eigenvalue weighted by Crippen LogP contribution is 2.34. The van der Waals surface area contributed by atoms with Gasteiger partial charge in [-0.3, -0.25) is 4.79 Å². The van der Waals surface area contributed by atoms with Crippen molar-refractivity contribution in [1.82, 2.24) is 0 Å². The minimum absolute atomic E-state index is 0.0920. The second-order valence-electron chi connectivity index (χ2n) is 5.76. The van der Waals surface area contributed by atoms with Gasteiger partial charge in [0.2, 0.25) is 0 Å². The van der Waals surface area contributed by atoms with Crippen LogP contribution in [0.4, 0.5) is 5.69 Å². The van der Waals surface area contributed by atoms with Crippen molar-refractivity contribution in [2.45, 2.75) is 6.92 Å². The maximum Gasteiger partial charge on any atom is 0.170 e. The first-order valence-corrected chi connectivity index (χ1v) is 9.07. The van der Waals surface area contributed by atoms with Crippen LogP contribution in [-0.4, -0.2) is 18.1 Å². The molecule has 0 radical (unpaired) electrons. The summed E-state index contributed by atoms with van der Waals surface area (Å²) in [5.41, 5.74) is 4.67. The number of carbonyl (C=O) groups excluding carboxylic acids is 1. The summed E-state index contributed by atoms with van der Waals surface area (Å²) in [6, 6.07) is 15.5. The summed E-state index contributed by atoms with van der Waals surface area (Å²) in [4.78, 5) is 17.2. The fourth-order valence-corrected chi connectivity index (χ4v) is 3.80. The maximum atomic E-state index is 11.7. The Hall–Kier alpha value is -2.43. The van der Waals surface area contributed by atoms with E-state index in [4.69, 9.17) is 16.3 Å². The molecule has 2 heterocycles. The first kappa shape index (κ1) is 16.1. The number of benzene rings is 2. The summed E-state index contributed by atoms with van der Waals surface area (Å²) < 4.78 is 5.77. The molecule has 0 N–H and O–H groups in total. The van der Waals surface area contributed by atoms with E-state index in [1.165, 1.54) is 11.3 Å². The van der Waals surface area contributed by atoms with Gasteiger partial charge in [0.15, 0.2) is 5.78 Å². The number of thiophene rings is 1. The van der Waals surface area contributed by atoms with Gasteiger partial charge in [-0.05, 0) is 41.6 Å². The third-order valence-electron chi connectivity index (χ3n) is 4.06. The lowest BCUT2D eigenvalue weighted by Gasteiger charge is -2.17. The number of fused-ring (bicyclic) bond motifs is 1. The minimum Gasteiger partial charge on any atom is -0.485 e. The molecule has 0 aliphatic carbocycles. The molecule has 0 bridgehead atoms. The van der Waals surface area contributed by atoms with Crippen LogP contribution in [0.25, 0.3) is 11.1 Å². The average molecular weight is 368 g/mol. The Bertz CT molecular complexity index is 989. The first-order chi connectivity index (χ1) is 12.1. The Balaban J connectivity index is 1.66. The Morgan fingerprint density at radius 3 is 2.64 bits per heavy atom. The zero-order valence-electron chi connectivity index (χ0n) is 13.5. The van der Waals surface area contributed by atoms with Crippen LogP contribution >= 0.6 is 22.9 Å². The van der Waals surface area contributed by atoms with Gasteiger partial charge in [0.05, 0.1) is 10.6 Å². The molecule has 0 spiro atoms. The second-order valence-corrected chi connectivity index (χ2v) is 7.11. The van der Waals surface area contributed by atoms with Gasteiger partial charge in [0.25, 0.3) is 0 Å². The molecule has 124 valence electrons. The molecule has 1 aromatic heterocycles. The number of Topliss-reactive ketones (excluding diaryl/α,β-unsaturated/α-hetero) is 1. The number of ether oxygens (including phenoxy) is 1. The third-order valence-corrected chi connectivity index (χ3v) is 5.31. The predicted octanol–water partition coefficient (Wildman–Crippen LogP) is 5.78. The molecule has 3 aromatic rings. The lowest BCUT2D eigenvalue weighted by Crippen LogP contribution is -2.16. The maximum absolute atomic E-state index is 11.7. The van der Waals surface area contributed by atoms with Crippen molar-refractivity contribution in [2.24, 2.45) is 4.99 Å². The van der Waals surface area contributed by atoms with Gasteiger partial charge in [0.1, 0.15) is 18.0 Å². The number of ketones is 1. The van der Waals surface area contributed by atoms with Crippen molar-refractivity contribution in [3.63, 3.8) is 0 Å². The molecule has 1 aliphatic heterocycles. The monoisotopic (exact) mass is 367 g/mol. The highest BCUT2D eigenvalue weighted by atomic mass is 35.5. The van der Waals surface area contributed by atoms with Crippen molar-refractivity contribution < 1.29 is 9.53 Å². The van der Waals surface area contributed by atoms with Gasteiger partial charge >= 0.3 is 0 Å². The highest BCUT2D eigenvalue weighted by molar-refractivity contribution is 7.12. The number of hydrogen-bond acceptors (Lipinski definition) is 4.